The lowest BCUT2D eigenvalue weighted by molar-refractivity contribution is 0.0941. The highest BCUT2D eigenvalue weighted by atomic mass is 32.1. The minimum atomic E-state index is -0.431. The smallest absolute Gasteiger partial charge is 0.291 e. The lowest BCUT2D eigenvalue weighted by Crippen LogP contribution is -2.28. The van der Waals surface area contributed by atoms with Crippen LogP contribution in [-0.2, 0) is 5.41 Å². The lowest BCUT2D eigenvalue weighted by Gasteiger charge is -2.21. The van der Waals surface area contributed by atoms with Crippen molar-refractivity contribution >= 4 is 33.1 Å². The number of allylic oxidation sites excluding steroid dienone is 2. The first-order valence-corrected chi connectivity index (χ1v) is 15.4. The highest BCUT2D eigenvalue weighted by molar-refractivity contribution is 7.19. The topological polar surface area (TPSA) is 100 Å². The fourth-order valence-corrected chi connectivity index (χ4v) is 5.89. The molecular weight excluding hydrogens is 506 g/mol. The Morgan fingerprint density at radius 2 is 1.69 bits per heavy atom. The van der Waals surface area contributed by atoms with E-state index in [9.17, 15) is 10.1 Å². The van der Waals surface area contributed by atoms with Gasteiger partial charge in [0.1, 0.15) is 22.4 Å². The summed E-state index contributed by atoms with van der Waals surface area (Å²) < 4.78 is 1.29. The maximum atomic E-state index is 13.2. The van der Waals surface area contributed by atoms with Gasteiger partial charge in [0.25, 0.3) is 5.91 Å². The van der Waals surface area contributed by atoms with Crippen molar-refractivity contribution in [2.75, 3.05) is 18.0 Å². The Kier molecular flexibility index (Phi) is 10.6. The third kappa shape index (κ3) is 6.84. The predicted molar refractivity (Wildman–Crippen MR) is 161 cm³/mol. The maximum Gasteiger partial charge on any atom is 0.291 e. The number of unbranched alkanes of at least 4 members (excludes halogenated alkanes) is 3. The lowest BCUT2D eigenvalue weighted by atomic mass is 9.92. The van der Waals surface area contributed by atoms with Crippen molar-refractivity contribution < 1.29 is 4.79 Å². The van der Waals surface area contributed by atoms with E-state index in [2.05, 4.69) is 64.5 Å². The number of nitriles is 1. The van der Waals surface area contributed by atoms with E-state index in [0.717, 1.165) is 80.3 Å². The fraction of sp³-hybridized carbons (Fsp3) is 0.667. The van der Waals surface area contributed by atoms with Crippen LogP contribution in [0.4, 0.5) is 10.1 Å². The summed E-state index contributed by atoms with van der Waals surface area (Å²) in [5.74, 6) is 0.804. The first-order chi connectivity index (χ1) is 18.6. The van der Waals surface area contributed by atoms with Crippen molar-refractivity contribution in [3.63, 3.8) is 0 Å². The van der Waals surface area contributed by atoms with Crippen LogP contribution in [0.5, 0.6) is 0 Å². The Labute approximate surface area is 238 Å². The van der Waals surface area contributed by atoms with Gasteiger partial charge in [-0.3, -0.25) is 4.79 Å². The molecule has 1 aliphatic heterocycles. The van der Waals surface area contributed by atoms with E-state index >= 15 is 0 Å². The molecule has 0 aromatic carbocycles. The van der Waals surface area contributed by atoms with Crippen LogP contribution in [0.15, 0.2) is 16.1 Å². The van der Waals surface area contributed by atoms with Crippen LogP contribution < -0.4 is 4.90 Å². The van der Waals surface area contributed by atoms with E-state index in [1.807, 2.05) is 0 Å². The number of nitrogens with zero attached hydrogens (tertiary/aromatic N) is 7. The summed E-state index contributed by atoms with van der Waals surface area (Å²) in [6.07, 6.45) is 8.48. The minimum Gasteiger partial charge on any atom is -0.348 e. The number of rotatable bonds is 13. The first kappa shape index (κ1) is 30.7. The largest absolute Gasteiger partial charge is 0.348 e. The molecule has 212 valence electrons. The molecule has 0 amide bonds. The molecule has 2 aromatic heterocycles. The van der Waals surface area contributed by atoms with Gasteiger partial charge in [-0.25, -0.2) is 15.0 Å². The van der Waals surface area contributed by atoms with Gasteiger partial charge in [0.05, 0.1) is 5.69 Å². The van der Waals surface area contributed by atoms with E-state index in [-0.39, 0.29) is 16.9 Å². The van der Waals surface area contributed by atoms with E-state index < -0.39 is 5.91 Å². The molecular formula is C30H45N7OS. The molecule has 0 N–H and O–H groups in total. The van der Waals surface area contributed by atoms with Gasteiger partial charge in [0, 0.05) is 30.0 Å². The van der Waals surface area contributed by atoms with Crippen molar-refractivity contribution in [3.05, 3.63) is 28.5 Å². The van der Waals surface area contributed by atoms with Crippen LogP contribution in [0.2, 0.25) is 0 Å². The molecule has 2 aromatic rings. The molecule has 9 heteroatoms. The van der Waals surface area contributed by atoms with Crippen molar-refractivity contribution in [3.8, 4) is 6.07 Å². The number of anilines is 1. The molecule has 0 radical (unpaired) electrons. The standard InChI is InChI=1S/C30H45N7OS/c1-9-13-16-21(12-4)25-34-26-23(20(5)22(19-31)28(38)37(26)35-25)32-27-24(30(6,7)8)33-29(39-27)36(17-14-10-2)18-15-11-3/h21H,9-18H2,1-8H3. The van der Waals surface area contributed by atoms with Crippen molar-refractivity contribution in [1.29, 1.82) is 5.26 Å². The number of thiazole rings is 1. The Morgan fingerprint density at radius 1 is 1.05 bits per heavy atom. The molecule has 3 rings (SSSR count). The van der Waals surface area contributed by atoms with Crippen LogP contribution in [0, 0.1) is 11.3 Å². The van der Waals surface area contributed by atoms with Crippen LogP contribution in [0.3, 0.4) is 0 Å². The SMILES string of the molecule is CCCCC(CC)c1nc2n(n1)C(=O)C(C#N)=C(C)C2=Nc1sc(N(CCCC)CCCC)nc1C(C)(C)C. The number of aliphatic imine (C=N–C) groups is 1. The summed E-state index contributed by atoms with van der Waals surface area (Å²) in [6.45, 7) is 18.9. The fourth-order valence-electron chi connectivity index (χ4n) is 4.68. The molecule has 1 aliphatic rings. The van der Waals surface area contributed by atoms with Gasteiger partial charge in [-0.2, -0.15) is 9.94 Å². The zero-order chi connectivity index (χ0) is 28.7. The predicted octanol–water partition coefficient (Wildman–Crippen LogP) is 7.74. The molecule has 0 aliphatic carbocycles. The monoisotopic (exact) mass is 551 g/mol. The summed E-state index contributed by atoms with van der Waals surface area (Å²) in [5.41, 5.74) is 1.82. The number of fused-ring (bicyclic) bond motifs is 1. The van der Waals surface area contributed by atoms with Crippen molar-refractivity contribution in [1.82, 2.24) is 19.7 Å². The average molecular weight is 552 g/mol. The summed E-state index contributed by atoms with van der Waals surface area (Å²) in [4.78, 5) is 30.7. The molecule has 0 spiro atoms. The molecule has 3 heterocycles. The Hall–Kier alpha value is -2.86. The molecule has 39 heavy (non-hydrogen) atoms. The molecule has 1 atom stereocenters. The van der Waals surface area contributed by atoms with Crippen molar-refractivity contribution in [2.45, 2.75) is 118 Å². The average Bonchev–Trinajstić information content (AvgIpc) is 3.53. The highest BCUT2D eigenvalue weighted by Gasteiger charge is 2.34. The number of carbonyl (C=O) groups is 1. The van der Waals surface area contributed by atoms with Gasteiger partial charge in [-0.05, 0) is 32.6 Å². The second kappa shape index (κ2) is 13.5. The van der Waals surface area contributed by atoms with Crippen LogP contribution >= 0.6 is 11.3 Å². The second-order valence-corrected chi connectivity index (χ2v) is 12.4. The first-order valence-electron chi connectivity index (χ1n) is 14.6. The van der Waals surface area contributed by atoms with Crippen molar-refractivity contribution in [2.24, 2.45) is 4.99 Å². The molecule has 1 unspecified atom stereocenters. The Morgan fingerprint density at radius 3 is 2.23 bits per heavy atom. The van der Waals surface area contributed by atoms with E-state index in [4.69, 9.17) is 15.0 Å². The number of hydrogen-bond acceptors (Lipinski definition) is 8. The quantitative estimate of drug-likeness (QED) is 0.252. The molecule has 0 saturated heterocycles. The van der Waals surface area contributed by atoms with Gasteiger partial charge < -0.3 is 4.90 Å². The third-order valence-electron chi connectivity index (χ3n) is 7.20. The summed E-state index contributed by atoms with van der Waals surface area (Å²) >= 11 is 1.58. The van der Waals surface area contributed by atoms with E-state index in [1.54, 1.807) is 18.3 Å². The van der Waals surface area contributed by atoms with Crippen LogP contribution in [0.25, 0.3) is 0 Å². The van der Waals surface area contributed by atoms with Gasteiger partial charge in [-0.15, -0.1) is 5.10 Å². The zero-order valence-corrected chi connectivity index (χ0v) is 25.9. The number of carbonyl (C=O) groups excluding carboxylic acids is 1. The molecule has 0 fully saturated rings. The van der Waals surface area contributed by atoms with Gasteiger partial charge in [-0.1, -0.05) is 85.5 Å². The highest BCUT2D eigenvalue weighted by Crippen LogP contribution is 2.41. The third-order valence-corrected chi connectivity index (χ3v) is 8.21. The molecule has 0 saturated carbocycles. The van der Waals surface area contributed by atoms with Gasteiger partial charge in [0.15, 0.2) is 16.8 Å². The summed E-state index contributed by atoms with van der Waals surface area (Å²) in [6, 6.07) is 2.10. The molecule has 0 bridgehead atoms. The Balaban J connectivity index is 2.19. The second-order valence-electron chi connectivity index (χ2n) is 11.4. The minimum absolute atomic E-state index is 0.0638. The van der Waals surface area contributed by atoms with E-state index in [0.29, 0.717) is 22.9 Å². The van der Waals surface area contributed by atoms with Crippen LogP contribution in [-0.4, -0.2) is 44.5 Å². The maximum absolute atomic E-state index is 13.2. The molecule has 8 nitrogen and oxygen atoms in total. The Bertz CT molecular complexity index is 1250. The summed E-state index contributed by atoms with van der Waals surface area (Å²) in [7, 11) is 0. The number of aromatic nitrogens is 4. The van der Waals surface area contributed by atoms with Crippen LogP contribution in [0.1, 0.15) is 135 Å². The van der Waals surface area contributed by atoms with Gasteiger partial charge in [0.2, 0.25) is 0 Å². The normalized spacial score (nSPS) is 15.6. The zero-order valence-electron chi connectivity index (χ0n) is 25.1. The summed E-state index contributed by atoms with van der Waals surface area (Å²) in [5, 5.41) is 16.3. The van der Waals surface area contributed by atoms with E-state index in [1.165, 1.54) is 4.68 Å². The number of hydrogen-bond donors (Lipinski definition) is 0. The van der Waals surface area contributed by atoms with Gasteiger partial charge >= 0.3 is 0 Å².